The van der Waals surface area contributed by atoms with Gasteiger partial charge in [-0.2, -0.15) is 5.26 Å². The second-order valence-corrected chi connectivity index (χ2v) is 5.18. The lowest BCUT2D eigenvalue weighted by molar-refractivity contribution is 0.0653. The topological polar surface area (TPSA) is 69.2 Å². The van der Waals surface area contributed by atoms with Gasteiger partial charge in [0.05, 0.1) is 24.3 Å². The summed E-state index contributed by atoms with van der Waals surface area (Å²) in [6, 6.07) is 18.6. The summed E-state index contributed by atoms with van der Waals surface area (Å²) in [5, 5.41) is 30.2. The number of fused-ring (bicyclic) bond motifs is 1. The summed E-state index contributed by atoms with van der Waals surface area (Å²) in [5.41, 5.74) is 2.15. The highest BCUT2D eigenvalue weighted by Gasteiger charge is 2.25. The molecule has 0 unspecified atom stereocenters. The fraction of sp³-hybridized carbons (Fsp3) is 0.167. The number of benzene rings is 2. The molecule has 0 aliphatic rings. The second-order valence-electron chi connectivity index (χ2n) is 5.18. The minimum Gasteiger partial charge on any atom is -0.394 e. The van der Waals surface area contributed by atoms with Crippen molar-refractivity contribution in [3.63, 3.8) is 0 Å². The molecule has 1 heterocycles. The Hall–Kier alpha value is -2.61. The van der Waals surface area contributed by atoms with Gasteiger partial charge >= 0.3 is 0 Å². The first-order valence-corrected chi connectivity index (χ1v) is 7.10. The molecule has 0 aliphatic carbocycles. The van der Waals surface area contributed by atoms with Crippen LogP contribution in [0.5, 0.6) is 0 Å². The Kier molecular flexibility index (Phi) is 3.92. The van der Waals surface area contributed by atoms with Crippen LogP contribution in [0.25, 0.3) is 10.9 Å². The van der Waals surface area contributed by atoms with Gasteiger partial charge in [0.25, 0.3) is 0 Å². The van der Waals surface area contributed by atoms with Crippen LogP contribution in [0.2, 0.25) is 0 Å². The quantitative estimate of drug-likeness (QED) is 0.776. The molecule has 2 atom stereocenters. The lowest BCUT2D eigenvalue weighted by atomic mass is 9.96. The molecule has 2 N–H and O–H groups in total. The molecule has 1 aromatic heterocycles. The van der Waals surface area contributed by atoms with E-state index >= 15 is 0 Å². The standard InChI is InChI=1S/C18H16N2O2/c19-11-14-6-1-3-7-15(14)18(17(22)12-21)20-10-9-13-5-2-4-8-16(13)20/h1-10,17-18,21-22H,12H2/t17-,18+/m1/s1. The van der Waals surface area contributed by atoms with Gasteiger partial charge in [-0.1, -0.05) is 36.4 Å². The van der Waals surface area contributed by atoms with E-state index in [0.717, 1.165) is 10.9 Å². The smallest absolute Gasteiger partial charge is 0.102 e. The predicted octanol–water partition coefficient (Wildman–Crippen LogP) is 2.46. The third-order valence-electron chi connectivity index (χ3n) is 3.88. The van der Waals surface area contributed by atoms with Gasteiger partial charge in [0.1, 0.15) is 6.10 Å². The normalized spacial score (nSPS) is 13.7. The van der Waals surface area contributed by atoms with E-state index in [1.807, 2.05) is 53.2 Å². The van der Waals surface area contributed by atoms with Crippen LogP contribution >= 0.6 is 0 Å². The summed E-state index contributed by atoms with van der Waals surface area (Å²) < 4.78 is 1.91. The number of aliphatic hydroxyl groups is 2. The molecule has 0 amide bonds. The molecule has 0 spiro atoms. The van der Waals surface area contributed by atoms with Crippen molar-refractivity contribution in [3.8, 4) is 6.07 Å². The number of hydrogen-bond donors (Lipinski definition) is 2. The van der Waals surface area contributed by atoms with E-state index in [1.165, 1.54) is 0 Å². The highest BCUT2D eigenvalue weighted by atomic mass is 16.3. The van der Waals surface area contributed by atoms with E-state index < -0.39 is 12.1 Å². The van der Waals surface area contributed by atoms with Crippen LogP contribution < -0.4 is 0 Å². The SMILES string of the molecule is N#Cc1ccccc1[C@@H]([C@H](O)CO)n1ccc2ccccc21. The van der Waals surface area contributed by atoms with Crippen LogP contribution in [0.15, 0.2) is 60.8 Å². The Bertz CT molecular complexity index is 832. The molecule has 0 fully saturated rings. The third-order valence-corrected chi connectivity index (χ3v) is 3.88. The largest absolute Gasteiger partial charge is 0.394 e. The van der Waals surface area contributed by atoms with Gasteiger partial charge in [0.2, 0.25) is 0 Å². The number of nitriles is 1. The fourth-order valence-electron chi connectivity index (χ4n) is 2.85. The lowest BCUT2D eigenvalue weighted by Gasteiger charge is -2.25. The van der Waals surface area contributed by atoms with Crippen molar-refractivity contribution in [2.45, 2.75) is 12.1 Å². The first-order valence-electron chi connectivity index (χ1n) is 7.10. The first kappa shape index (κ1) is 14.3. The summed E-state index contributed by atoms with van der Waals surface area (Å²) >= 11 is 0. The molecule has 110 valence electrons. The van der Waals surface area contributed by atoms with Crippen molar-refractivity contribution in [3.05, 3.63) is 71.9 Å². The molecule has 0 aliphatic heterocycles. The van der Waals surface area contributed by atoms with Gasteiger partial charge in [-0.15, -0.1) is 0 Å². The maximum atomic E-state index is 10.3. The van der Waals surface area contributed by atoms with E-state index in [0.29, 0.717) is 11.1 Å². The van der Waals surface area contributed by atoms with Crippen molar-refractivity contribution in [2.75, 3.05) is 6.61 Å². The van der Waals surface area contributed by atoms with Crippen molar-refractivity contribution in [1.82, 2.24) is 4.57 Å². The molecule has 0 bridgehead atoms. The van der Waals surface area contributed by atoms with Gasteiger partial charge in [0.15, 0.2) is 0 Å². The van der Waals surface area contributed by atoms with E-state index in [1.54, 1.807) is 12.1 Å². The lowest BCUT2D eigenvalue weighted by Crippen LogP contribution is -2.28. The fourth-order valence-corrected chi connectivity index (χ4v) is 2.85. The molecule has 0 saturated heterocycles. The van der Waals surface area contributed by atoms with Crippen LogP contribution in [0, 0.1) is 11.3 Å². The minimum atomic E-state index is -0.995. The Morgan fingerprint density at radius 2 is 1.77 bits per heavy atom. The molecule has 0 radical (unpaired) electrons. The van der Waals surface area contributed by atoms with Gasteiger partial charge in [0, 0.05) is 11.7 Å². The Balaban J connectivity index is 2.22. The van der Waals surface area contributed by atoms with E-state index in [2.05, 4.69) is 6.07 Å². The number of aromatic nitrogens is 1. The number of para-hydroxylation sites is 1. The molecular formula is C18H16N2O2. The van der Waals surface area contributed by atoms with Gasteiger partial charge in [-0.3, -0.25) is 0 Å². The van der Waals surface area contributed by atoms with Crippen LogP contribution in [0.3, 0.4) is 0 Å². The zero-order chi connectivity index (χ0) is 15.5. The van der Waals surface area contributed by atoms with Crippen molar-refractivity contribution in [2.24, 2.45) is 0 Å². The second kappa shape index (κ2) is 6.02. The summed E-state index contributed by atoms with van der Waals surface area (Å²) in [6.45, 7) is -0.378. The number of rotatable bonds is 4. The zero-order valence-electron chi connectivity index (χ0n) is 11.9. The van der Waals surface area contributed by atoms with Crippen LogP contribution in [-0.2, 0) is 0 Å². The predicted molar refractivity (Wildman–Crippen MR) is 84.3 cm³/mol. The average molecular weight is 292 g/mol. The monoisotopic (exact) mass is 292 g/mol. The van der Waals surface area contributed by atoms with Crippen LogP contribution in [0.1, 0.15) is 17.2 Å². The van der Waals surface area contributed by atoms with Crippen molar-refractivity contribution < 1.29 is 10.2 Å². The Morgan fingerprint density at radius 1 is 1.05 bits per heavy atom. The molecule has 0 saturated carbocycles. The highest BCUT2D eigenvalue weighted by molar-refractivity contribution is 5.80. The number of nitrogens with zero attached hydrogens (tertiary/aromatic N) is 2. The van der Waals surface area contributed by atoms with Gasteiger partial charge in [-0.25, -0.2) is 0 Å². The summed E-state index contributed by atoms with van der Waals surface area (Å²) in [4.78, 5) is 0. The summed E-state index contributed by atoms with van der Waals surface area (Å²) in [6.07, 6.45) is 0.882. The number of aliphatic hydroxyl groups excluding tert-OH is 2. The maximum Gasteiger partial charge on any atom is 0.102 e. The van der Waals surface area contributed by atoms with E-state index in [4.69, 9.17) is 0 Å². The molecule has 3 rings (SSSR count). The zero-order valence-corrected chi connectivity index (χ0v) is 11.9. The minimum absolute atomic E-state index is 0.378. The molecule has 4 nitrogen and oxygen atoms in total. The number of hydrogen-bond acceptors (Lipinski definition) is 3. The van der Waals surface area contributed by atoms with E-state index in [-0.39, 0.29) is 6.61 Å². The van der Waals surface area contributed by atoms with Crippen molar-refractivity contribution >= 4 is 10.9 Å². The average Bonchev–Trinajstić information content (AvgIpc) is 2.99. The first-order chi connectivity index (χ1) is 10.8. The van der Waals surface area contributed by atoms with E-state index in [9.17, 15) is 15.5 Å². The van der Waals surface area contributed by atoms with Crippen molar-refractivity contribution in [1.29, 1.82) is 5.26 Å². The summed E-state index contributed by atoms with van der Waals surface area (Å²) in [7, 11) is 0. The highest BCUT2D eigenvalue weighted by Crippen LogP contribution is 2.29. The Morgan fingerprint density at radius 3 is 2.55 bits per heavy atom. The van der Waals surface area contributed by atoms with Gasteiger partial charge < -0.3 is 14.8 Å². The third kappa shape index (κ3) is 2.37. The van der Waals surface area contributed by atoms with Crippen LogP contribution in [0.4, 0.5) is 0 Å². The molecule has 3 aromatic rings. The van der Waals surface area contributed by atoms with Crippen LogP contribution in [-0.4, -0.2) is 27.5 Å². The molecule has 2 aromatic carbocycles. The Labute approximate surface area is 128 Å². The molecule has 4 heteroatoms. The maximum absolute atomic E-state index is 10.3. The molecule has 22 heavy (non-hydrogen) atoms. The molecular weight excluding hydrogens is 276 g/mol. The summed E-state index contributed by atoms with van der Waals surface area (Å²) in [5.74, 6) is 0. The van der Waals surface area contributed by atoms with Gasteiger partial charge in [-0.05, 0) is 29.1 Å².